The molecular formula is C15H23NOS. The van der Waals surface area contributed by atoms with E-state index < -0.39 is 0 Å². The van der Waals surface area contributed by atoms with E-state index in [1.807, 2.05) is 20.9 Å². The van der Waals surface area contributed by atoms with E-state index in [1.54, 1.807) is 11.3 Å². The molecule has 2 nitrogen and oxygen atoms in total. The van der Waals surface area contributed by atoms with Gasteiger partial charge in [-0.1, -0.05) is 26.8 Å². The lowest BCUT2D eigenvalue weighted by molar-refractivity contribution is 0.0982. The first-order chi connectivity index (χ1) is 8.56. The number of anilines is 1. The van der Waals surface area contributed by atoms with Crippen LogP contribution in [0.2, 0.25) is 0 Å². The average Bonchev–Trinajstić information content (AvgIpc) is 2.67. The number of rotatable bonds is 7. The van der Waals surface area contributed by atoms with Crippen LogP contribution in [0.15, 0.2) is 6.58 Å². The number of allylic oxidation sites excluding steroid dienone is 1. The Morgan fingerprint density at radius 3 is 2.39 bits per heavy atom. The molecule has 0 aliphatic rings. The zero-order valence-electron chi connectivity index (χ0n) is 11.9. The maximum absolute atomic E-state index is 12.2. The molecule has 1 heterocycles. The quantitative estimate of drug-likeness (QED) is 0.711. The van der Waals surface area contributed by atoms with Crippen molar-refractivity contribution < 1.29 is 4.79 Å². The molecule has 0 radical (unpaired) electrons. The van der Waals surface area contributed by atoms with E-state index in [0.717, 1.165) is 41.0 Å². The van der Waals surface area contributed by atoms with Crippen LogP contribution in [-0.4, -0.2) is 12.8 Å². The van der Waals surface area contributed by atoms with E-state index >= 15 is 0 Å². The second-order valence-electron chi connectivity index (χ2n) is 4.54. The molecule has 1 rings (SSSR count). The standard InChI is InChI=1S/C15H23NOS/c1-6-8-10(3)14-11(4)13(12(17)9-7-2)15(16-5)18-14/h16H,3,6-9H2,1-2,4-5H3. The summed E-state index contributed by atoms with van der Waals surface area (Å²) in [5.74, 6) is 0.242. The van der Waals surface area contributed by atoms with Gasteiger partial charge in [-0.25, -0.2) is 0 Å². The predicted molar refractivity (Wildman–Crippen MR) is 81.8 cm³/mol. The molecule has 100 valence electrons. The van der Waals surface area contributed by atoms with Crippen molar-refractivity contribution >= 4 is 27.7 Å². The van der Waals surface area contributed by atoms with Crippen molar-refractivity contribution in [2.75, 3.05) is 12.4 Å². The highest BCUT2D eigenvalue weighted by atomic mass is 32.1. The van der Waals surface area contributed by atoms with Crippen LogP contribution in [0.5, 0.6) is 0 Å². The van der Waals surface area contributed by atoms with Crippen molar-refractivity contribution in [1.29, 1.82) is 0 Å². The Balaban J connectivity index is 3.18. The molecule has 0 aliphatic heterocycles. The molecule has 0 saturated heterocycles. The number of ketones is 1. The van der Waals surface area contributed by atoms with Gasteiger partial charge in [-0.3, -0.25) is 4.79 Å². The summed E-state index contributed by atoms with van der Waals surface area (Å²) in [7, 11) is 1.88. The smallest absolute Gasteiger partial charge is 0.166 e. The third kappa shape index (κ3) is 3.02. The van der Waals surface area contributed by atoms with Crippen molar-refractivity contribution in [3.63, 3.8) is 0 Å². The van der Waals surface area contributed by atoms with Gasteiger partial charge in [-0.2, -0.15) is 0 Å². The Kier molecular flexibility index (Phi) is 5.60. The summed E-state index contributed by atoms with van der Waals surface area (Å²) in [6.07, 6.45) is 3.59. The van der Waals surface area contributed by atoms with Gasteiger partial charge >= 0.3 is 0 Å². The maximum Gasteiger partial charge on any atom is 0.166 e. The maximum atomic E-state index is 12.2. The summed E-state index contributed by atoms with van der Waals surface area (Å²) in [5.41, 5.74) is 3.12. The van der Waals surface area contributed by atoms with Gasteiger partial charge in [0.1, 0.15) is 0 Å². The van der Waals surface area contributed by atoms with E-state index in [9.17, 15) is 4.79 Å². The highest BCUT2D eigenvalue weighted by Crippen LogP contribution is 2.38. The third-order valence-corrected chi connectivity index (χ3v) is 4.41. The van der Waals surface area contributed by atoms with Crippen LogP contribution in [0.1, 0.15) is 60.3 Å². The average molecular weight is 265 g/mol. The van der Waals surface area contributed by atoms with Crippen LogP contribution in [0, 0.1) is 6.92 Å². The number of hydrogen-bond acceptors (Lipinski definition) is 3. The second kappa shape index (κ2) is 6.74. The predicted octanol–water partition coefficient (Wildman–Crippen LogP) is 4.89. The Bertz CT molecular complexity index is 446. The molecule has 0 aliphatic carbocycles. The van der Waals surface area contributed by atoms with Crippen molar-refractivity contribution in [2.24, 2.45) is 0 Å². The van der Waals surface area contributed by atoms with Gasteiger partial charge in [0, 0.05) is 18.3 Å². The van der Waals surface area contributed by atoms with Crippen LogP contribution < -0.4 is 5.32 Å². The van der Waals surface area contributed by atoms with Gasteiger partial charge in [0.25, 0.3) is 0 Å². The molecule has 0 amide bonds. The lowest BCUT2D eigenvalue weighted by atomic mass is 10.0. The lowest BCUT2D eigenvalue weighted by Crippen LogP contribution is -2.02. The van der Waals surface area contributed by atoms with Crippen molar-refractivity contribution in [3.8, 4) is 0 Å². The summed E-state index contributed by atoms with van der Waals surface area (Å²) in [6, 6.07) is 0. The van der Waals surface area contributed by atoms with Crippen LogP contribution in [0.25, 0.3) is 5.57 Å². The van der Waals surface area contributed by atoms with Gasteiger partial charge in [0.15, 0.2) is 5.78 Å². The van der Waals surface area contributed by atoms with Crippen molar-refractivity contribution in [2.45, 2.75) is 46.5 Å². The van der Waals surface area contributed by atoms with E-state index in [2.05, 4.69) is 18.8 Å². The zero-order valence-corrected chi connectivity index (χ0v) is 12.7. The Morgan fingerprint density at radius 2 is 1.89 bits per heavy atom. The summed E-state index contributed by atoms with van der Waals surface area (Å²) in [5, 5.41) is 4.13. The fourth-order valence-corrected chi connectivity index (χ4v) is 3.31. The molecule has 3 heteroatoms. The van der Waals surface area contributed by atoms with Gasteiger partial charge in [-0.05, 0) is 30.9 Å². The van der Waals surface area contributed by atoms with Crippen LogP contribution >= 0.6 is 11.3 Å². The zero-order chi connectivity index (χ0) is 13.7. The third-order valence-electron chi connectivity index (χ3n) is 3.00. The molecule has 1 aromatic rings. The minimum absolute atomic E-state index is 0.242. The van der Waals surface area contributed by atoms with E-state index in [4.69, 9.17) is 0 Å². The van der Waals surface area contributed by atoms with Gasteiger partial charge in [0.05, 0.1) is 10.6 Å². The number of carbonyl (C=O) groups excluding carboxylic acids is 1. The molecular weight excluding hydrogens is 242 g/mol. The first-order valence-corrected chi connectivity index (χ1v) is 7.40. The Morgan fingerprint density at radius 1 is 1.28 bits per heavy atom. The molecule has 1 aromatic heterocycles. The molecule has 0 aromatic carbocycles. The first-order valence-electron chi connectivity index (χ1n) is 6.59. The summed E-state index contributed by atoms with van der Waals surface area (Å²) in [4.78, 5) is 13.4. The fourth-order valence-electron chi connectivity index (χ4n) is 2.13. The molecule has 0 spiro atoms. The summed E-state index contributed by atoms with van der Waals surface area (Å²) in [6.45, 7) is 10.4. The molecule has 1 N–H and O–H groups in total. The number of hydrogen-bond donors (Lipinski definition) is 1. The Labute approximate surface area is 114 Å². The lowest BCUT2D eigenvalue weighted by Gasteiger charge is -2.04. The molecule has 0 fully saturated rings. The highest BCUT2D eigenvalue weighted by Gasteiger charge is 2.20. The topological polar surface area (TPSA) is 29.1 Å². The van der Waals surface area contributed by atoms with E-state index in [1.165, 1.54) is 4.88 Å². The molecule has 0 saturated carbocycles. The number of nitrogens with one attached hydrogen (secondary N) is 1. The monoisotopic (exact) mass is 265 g/mol. The van der Waals surface area contributed by atoms with Gasteiger partial charge in [-0.15, -0.1) is 11.3 Å². The van der Waals surface area contributed by atoms with Crippen molar-refractivity contribution in [1.82, 2.24) is 0 Å². The fraction of sp³-hybridized carbons (Fsp3) is 0.533. The minimum atomic E-state index is 0.242. The van der Waals surface area contributed by atoms with Crippen molar-refractivity contribution in [3.05, 3.63) is 22.6 Å². The summed E-state index contributed by atoms with van der Waals surface area (Å²) < 4.78 is 0. The number of carbonyl (C=O) groups is 1. The molecule has 0 unspecified atom stereocenters. The highest BCUT2D eigenvalue weighted by molar-refractivity contribution is 7.17. The SMILES string of the molecule is C=C(CCC)c1sc(NC)c(C(=O)CCC)c1C. The normalized spacial score (nSPS) is 10.4. The second-order valence-corrected chi connectivity index (χ2v) is 5.56. The number of thiophene rings is 1. The molecule has 0 atom stereocenters. The minimum Gasteiger partial charge on any atom is -0.379 e. The van der Waals surface area contributed by atoms with Crippen LogP contribution in [0.3, 0.4) is 0 Å². The van der Waals surface area contributed by atoms with Gasteiger partial charge in [0.2, 0.25) is 0 Å². The molecule has 18 heavy (non-hydrogen) atoms. The largest absolute Gasteiger partial charge is 0.379 e. The summed E-state index contributed by atoms with van der Waals surface area (Å²) >= 11 is 1.66. The van der Waals surface area contributed by atoms with E-state index in [0.29, 0.717) is 6.42 Å². The first kappa shape index (κ1) is 15.0. The van der Waals surface area contributed by atoms with Crippen LogP contribution in [-0.2, 0) is 0 Å². The number of Topliss-reactive ketones (excluding diaryl/α,β-unsaturated/α-hetero) is 1. The van der Waals surface area contributed by atoms with E-state index in [-0.39, 0.29) is 5.78 Å². The Hall–Kier alpha value is -1.09. The molecule has 0 bridgehead atoms. The van der Waals surface area contributed by atoms with Crippen LogP contribution in [0.4, 0.5) is 5.00 Å². The van der Waals surface area contributed by atoms with Gasteiger partial charge < -0.3 is 5.32 Å².